The Kier molecular flexibility index (Phi) is 9.38. The summed E-state index contributed by atoms with van der Waals surface area (Å²) in [6.45, 7) is 10.4. The van der Waals surface area contributed by atoms with Crippen LogP contribution >= 0.6 is 11.6 Å². The lowest BCUT2D eigenvalue weighted by molar-refractivity contribution is -0.142. The lowest BCUT2D eigenvalue weighted by Crippen LogP contribution is -2.49. The highest BCUT2D eigenvalue weighted by Crippen LogP contribution is 2.26. The zero-order chi connectivity index (χ0) is 23.0. The van der Waals surface area contributed by atoms with Crippen LogP contribution < -0.4 is 10.1 Å². The predicted octanol–water partition coefficient (Wildman–Crippen LogP) is 4.98. The lowest BCUT2D eigenvalue weighted by atomic mass is 10.1. The number of carbonyl (C=O) groups is 2. The van der Waals surface area contributed by atoms with E-state index in [0.29, 0.717) is 23.9 Å². The second-order valence-corrected chi connectivity index (χ2v) is 8.31. The molecule has 6 heteroatoms. The molecule has 2 amide bonds. The topological polar surface area (TPSA) is 58.6 Å². The van der Waals surface area contributed by atoms with Gasteiger partial charge in [0.05, 0.1) is 0 Å². The Morgan fingerprint density at radius 3 is 2.35 bits per heavy atom. The SMILES string of the molecule is CCCCNC(=O)C(C)N(Cc1ccccc1C)C(=O)COc1cc(C)c(Cl)c(C)c1. The van der Waals surface area contributed by atoms with E-state index in [2.05, 4.69) is 12.2 Å². The van der Waals surface area contributed by atoms with Crippen molar-refractivity contribution in [2.45, 2.75) is 60.0 Å². The molecule has 0 heterocycles. The van der Waals surface area contributed by atoms with Crippen LogP contribution in [0.15, 0.2) is 36.4 Å². The molecule has 1 atom stereocenters. The van der Waals surface area contributed by atoms with Gasteiger partial charge in [-0.2, -0.15) is 0 Å². The summed E-state index contributed by atoms with van der Waals surface area (Å²) in [5.41, 5.74) is 3.86. The van der Waals surface area contributed by atoms with Gasteiger partial charge in [-0.3, -0.25) is 9.59 Å². The first-order valence-electron chi connectivity index (χ1n) is 10.8. The van der Waals surface area contributed by atoms with Crippen molar-refractivity contribution in [1.82, 2.24) is 10.2 Å². The molecule has 0 aliphatic heterocycles. The zero-order valence-corrected chi connectivity index (χ0v) is 19.9. The standard InChI is InChI=1S/C25H33ClN2O3/c1-6-7-12-27-25(30)20(5)28(15-21-11-9-8-10-17(21)2)23(29)16-31-22-13-18(3)24(26)19(4)14-22/h8-11,13-14,20H,6-7,12,15-16H2,1-5H3,(H,27,30). The van der Waals surface area contributed by atoms with E-state index >= 15 is 0 Å². The van der Waals surface area contributed by atoms with E-state index in [4.69, 9.17) is 16.3 Å². The molecule has 0 aromatic heterocycles. The van der Waals surface area contributed by atoms with Crippen molar-refractivity contribution in [1.29, 1.82) is 0 Å². The maximum Gasteiger partial charge on any atom is 0.261 e. The number of benzene rings is 2. The molecule has 2 aromatic rings. The van der Waals surface area contributed by atoms with Crippen LogP contribution in [0.25, 0.3) is 0 Å². The van der Waals surface area contributed by atoms with Crippen molar-refractivity contribution in [2.24, 2.45) is 0 Å². The fraction of sp³-hybridized carbons (Fsp3) is 0.440. The lowest BCUT2D eigenvalue weighted by Gasteiger charge is -2.29. The van der Waals surface area contributed by atoms with Crippen molar-refractivity contribution < 1.29 is 14.3 Å². The quantitative estimate of drug-likeness (QED) is 0.526. The molecule has 0 spiro atoms. The minimum absolute atomic E-state index is 0.154. The van der Waals surface area contributed by atoms with Gasteiger partial charge in [-0.15, -0.1) is 0 Å². The number of ether oxygens (including phenoxy) is 1. The summed E-state index contributed by atoms with van der Waals surface area (Å²) < 4.78 is 5.78. The molecule has 5 nitrogen and oxygen atoms in total. The van der Waals surface area contributed by atoms with Crippen LogP contribution in [0, 0.1) is 20.8 Å². The van der Waals surface area contributed by atoms with Crippen molar-refractivity contribution in [3.63, 3.8) is 0 Å². The Morgan fingerprint density at radius 2 is 1.74 bits per heavy atom. The van der Waals surface area contributed by atoms with Crippen molar-refractivity contribution >= 4 is 23.4 Å². The first-order chi connectivity index (χ1) is 14.7. The van der Waals surface area contributed by atoms with E-state index in [9.17, 15) is 9.59 Å². The second-order valence-electron chi connectivity index (χ2n) is 7.93. The van der Waals surface area contributed by atoms with E-state index in [1.54, 1.807) is 11.8 Å². The molecule has 0 saturated heterocycles. The fourth-order valence-electron chi connectivity index (χ4n) is 3.31. The van der Waals surface area contributed by atoms with Gasteiger partial charge in [0.25, 0.3) is 5.91 Å². The van der Waals surface area contributed by atoms with E-state index in [0.717, 1.165) is 35.1 Å². The number of carbonyl (C=O) groups excluding carboxylic acids is 2. The first kappa shape index (κ1) is 24.7. The van der Waals surface area contributed by atoms with Crippen LogP contribution in [0.4, 0.5) is 0 Å². The predicted molar refractivity (Wildman–Crippen MR) is 126 cm³/mol. The number of aryl methyl sites for hydroxylation is 3. The van der Waals surface area contributed by atoms with Crippen molar-refractivity contribution in [3.05, 3.63) is 63.7 Å². The number of hydrogen-bond donors (Lipinski definition) is 1. The largest absolute Gasteiger partial charge is 0.484 e. The number of hydrogen-bond acceptors (Lipinski definition) is 3. The van der Waals surface area contributed by atoms with Gasteiger partial charge in [-0.05, 0) is 68.5 Å². The molecule has 0 radical (unpaired) electrons. The van der Waals surface area contributed by atoms with Gasteiger partial charge in [-0.1, -0.05) is 49.2 Å². The van der Waals surface area contributed by atoms with Gasteiger partial charge in [0.1, 0.15) is 11.8 Å². The van der Waals surface area contributed by atoms with Crippen LogP contribution in [0.5, 0.6) is 5.75 Å². The number of nitrogens with zero attached hydrogens (tertiary/aromatic N) is 1. The number of unbranched alkanes of at least 4 members (excludes halogenated alkanes) is 1. The highest BCUT2D eigenvalue weighted by atomic mass is 35.5. The molecule has 0 bridgehead atoms. The zero-order valence-electron chi connectivity index (χ0n) is 19.1. The first-order valence-corrected chi connectivity index (χ1v) is 11.1. The second kappa shape index (κ2) is 11.8. The van der Waals surface area contributed by atoms with Gasteiger partial charge in [0.15, 0.2) is 6.61 Å². The van der Waals surface area contributed by atoms with Gasteiger partial charge in [-0.25, -0.2) is 0 Å². The minimum Gasteiger partial charge on any atom is -0.484 e. The van der Waals surface area contributed by atoms with Crippen molar-refractivity contribution in [2.75, 3.05) is 13.2 Å². The molecule has 0 aliphatic carbocycles. The summed E-state index contributed by atoms with van der Waals surface area (Å²) in [5, 5.41) is 3.62. The Morgan fingerprint density at radius 1 is 1.10 bits per heavy atom. The average Bonchev–Trinajstić information content (AvgIpc) is 2.74. The van der Waals surface area contributed by atoms with E-state index in [1.165, 1.54) is 0 Å². The maximum atomic E-state index is 13.1. The summed E-state index contributed by atoms with van der Waals surface area (Å²) in [4.78, 5) is 27.4. The van der Waals surface area contributed by atoms with E-state index < -0.39 is 6.04 Å². The molecular weight excluding hydrogens is 412 g/mol. The number of amides is 2. The molecular formula is C25H33ClN2O3. The van der Waals surface area contributed by atoms with E-state index in [-0.39, 0.29) is 18.4 Å². The van der Waals surface area contributed by atoms with Gasteiger partial charge in [0.2, 0.25) is 5.91 Å². The van der Waals surface area contributed by atoms with Crippen LogP contribution in [-0.4, -0.2) is 35.9 Å². The fourth-order valence-corrected chi connectivity index (χ4v) is 3.42. The molecule has 0 saturated carbocycles. The van der Waals surface area contributed by atoms with Crippen LogP contribution in [0.2, 0.25) is 5.02 Å². The monoisotopic (exact) mass is 444 g/mol. The van der Waals surface area contributed by atoms with Crippen LogP contribution in [-0.2, 0) is 16.1 Å². The summed E-state index contributed by atoms with van der Waals surface area (Å²) in [6.07, 6.45) is 1.90. The Labute approximate surface area is 190 Å². The molecule has 31 heavy (non-hydrogen) atoms. The van der Waals surface area contributed by atoms with Crippen molar-refractivity contribution in [3.8, 4) is 5.75 Å². The molecule has 0 fully saturated rings. The molecule has 1 unspecified atom stereocenters. The average molecular weight is 445 g/mol. The Hall–Kier alpha value is -2.53. The third kappa shape index (κ3) is 7.00. The summed E-state index contributed by atoms with van der Waals surface area (Å²) >= 11 is 6.22. The van der Waals surface area contributed by atoms with Crippen LogP contribution in [0.3, 0.4) is 0 Å². The highest BCUT2D eigenvalue weighted by molar-refractivity contribution is 6.32. The molecule has 168 valence electrons. The van der Waals surface area contributed by atoms with E-state index in [1.807, 2.05) is 57.2 Å². The van der Waals surface area contributed by atoms with Gasteiger partial charge < -0.3 is 15.0 Å². The normalized spacial score (nSPS) is 11.7. The number of nitrogens with one attached hydrogen (secondary N) is 1. The maximum absolute atomic E-state index is 13.1. The minimum atomic E-state index is -0.610. The number of rotatable bonds is 10. The summed E-state index contributed by atoms with van der Waals surface area (Å²) in [5.74, 6) is 0.184. The van der Waals surface area contributed by atoms with Gasteiger partial charge in [0, 0.05) is 18.1 Å². The Balaban J connectivity index is 2.17. The summed E-state index contributed by atoms with van der Waals surface area (Å²) in [7, 11) is 0. The highest BCUT2D eigenvalue weighted by Gasteiger charge is 2.26. The third-order valence-electron chi connectivity index (χ3n) is 5.37. The molecule has 0 aliphatic rings. The smallest absolute Gasteiger partial charge is 0.261 e. The number of halogens is 1. The van der Waals surface area contributed by atoms with Crippen LogP contribution in [0.1, 0.15) is 48.9 Å². The van der Waals surface area contributed by atoms with Gasteiger partial charge >= 0.3 is 0 Å². The molecule has 2 rings (SSSR count). The Bertz CT molecular complexity index is 890. The molecule has 2 aromatic carbocycles. The third-order valence-corrected chi connectivity index (χ3v) is 5.97. The summed E-state index contributed by atoms with van der Waals surface area (Å²) in [6, 6.07) is 10.9. The molecule has 1 N–H and O–H groups in total.